The van der Waals surface area contributed by atoms with Gasteiger partial charge in [0, 0.05) is 29.9 Å². The van der Waals surface area contributed by atoms with Crippen LogP contribution in [0.1, 0.15) is 33.1 Å². The van der Waals surface area contributed by atoms with Crippen LogP contribution >= 0.6 is 11.6 Å². The van der Waals surface area contributed by atoms with Gasteiger partial charge in [0.1, 0.15) is 0 Å². The molecule has 0 bridgehead atoms. The minimum Gasteiger partial charge on any atom is -0.376 e. The van der Waals surface area contributed by atoms with E-state index < -0.39 is 0 Å². The molecule has 154 valence electrons. The maximum absolute atomic E-state index is 12.2. The summed E-state index contributed by atoms with van der Waals surface area (Å²) in [7, 11) is 0. The van der Waals surface area contributed by atoms with Gasteiger partial charge in [0.15, 0.2) is 0 Å². The van der Waals surface area contributed by atoms with Crippen LogP contribution in [-0.4, -0.2) is 24.3 Å². The standard InChI is InChI=1S/C21H25ClN4O3/c1-3-5-20(28)25-16-10-11-17(22)18(12-16)26-21(29)13-23-14-6-8-15(9-7-14)24-19(27)4-2/h6-12,23H,3-5,13H2,1-2H3,(H,24,27)(H,25,28)(H,26,29). The summed E-state index contributed by atoms with van der Waals surface area (Å²) >= 11 is 6.14. The highest BCUT2D eigenvalue weighted by molar-refractivity contribution is 6.33. The molecule has 8 heteroatoms. The first kappa shape index (κ1) is 22.2. The molecule has 0 aliphatic heterocycles. The van der Waals surface area contributed by atoms with Crippen LogP contribution in [0.3, 0.4) is 0 Å². The van der Waals surface area contributed by atoms with Crippen molar-refractivity contribution in [1.82, 2.24) is 0 Å². The van der Waals surface area contributed by atoms with Gasteiger partial charge in [-0.05, 0) is 48.9 Å². The highest BCUT2D eigenvalue weighted by atomic mass is 35.5. The van der Waals surface area contributed by atoms with E-state index >= 15 is 0 Å². The molecule has 2 aromatic rings. The lowest BCUT2D eigenvalue weighted by Gasteiger charge is -2.12. The molecule has 3 amide bonds. The lowest BCUT2D eigenvalue weighted by molar-refractivity contribution is -0.116. The van der Waals surface area contributed by atoms with Crippen LogP contribution in [0.25, 0.3) is 0 Å². The van der Waals surface area contributed by atoms with E-state index in [1.165, 1.54) is 0 Å². The molecule has 0 spiro atoms. The summed E-state index contributed by atoms with van der Waals surface area (Å²) in [6.45, 7) is 3.74. The molecule has 0 fully saturated rings. The van der Waals surface area contributed by atoms with Crippen LogP contribution in [0.2, 0.25) is 5.02 Å². The minimum atomic E-state index is -0.285. The summed E-state index contributed by atoms with van der Waals surface area (Å²) in [4.78, 5) is 35.4. The van der Waals surface area contributed by atoms with E-state index in [1.807, 2.05) is 6.92 Å². The number of carbonyl (C=O) groups is 3. The third-order valence-electron chi connectivity index (χ3n) is 3.94. The molecule has 4 N–H and O–H groups in total. The average Bonchev–Trinajstić information content (AvgIpc) is 2.70. The van der Waals surface area contributed by atoms with Crippen molar-refractivity contribution in [3.63, 3.8) is 0 Å². The Morgan fingerprint density at radius 2 is 1.41 bits per heavy atom. The van der Waals surface area contributed by atoms with Crippen molar-refractivity contribution in [2.45, 2.75) is 33.1 Å². The normalized spacial score (nSPS) is 10.2. The van der Waals surface area contributed by atoms with Crippen LogP contribution in [0.4, 0.5) is 22.7 Å². The highest BCUT2D eigenvalue weighted by Gasteiger charge is 2.09. The summed E-state index contributed by atoms with van der Waals surface area (Å²) in [6, 6.07) is 12.0. The number of hydrogen-bond donors (Lipinski definition) is 4. The van der Waals surface area contributed by atoms with Crippen molar-refractivity contribution in [3.8, 4) is 0 Å². The minimum absolute atomic E-state index is 0.0312. The van der Waals surface area contributed by atoms with Crippen molar-refractivity contribution < 1.29 is 14.4 Å². The second-order valence-electron chi connectivity index (χ2n) is 6.37. The molecule has 0 aliphatic carbocycles. The van der Waals surface area contributed by atoms with E-state index in [2.05, 4.69) is 21.3 Å². The molecule has 2 aromatic carbocycles. The maximum atomic E-state index is 12.2. The van der Waals surface area contributed by atoms with Crippen molar-refractivity contribution in [3.05, 3.63) is 47.5 Å². The van der Waals surface area contributed by atoms with Gasteiger partial charge in [0.25, 0.3) is 0 Å². The van der Waals surface area contributed by atoms with Crippen molar-refractivity contribution >= 4 is 52.1 Å². The zero-order valence-electron chi connectivity index (χ0n) is 16.5. The Hall–Kier alpha value is -3.06. The van der Waals surface area contributed by atoms with Gasteiger partial charge in [0.2, 0.25) is 17.7 Å². The van der Waals surface area contributed by atoms with E-state index in [0.717, 1.165) is 12.1 Å². The van der Waals surface area contributed by atoms with Crippen molar-refractivity contribution in [2.24, 2.45) is 0 Å². The number of benzene rings is 2. The Bertz CT molecular complexity index is 869. The van der Waals surface area contributed by atoms with Crippen LogP contribution in [0.5, 0.6) is 0 Å². The second kappa shape index (κ2) is 11.1. The van der Waals surface area contributed by atoms with Gasteiger partial charge in [-0.15, -0.1) is 0 Å². The second-order valence-corrected chi connectivity index (χ2v) is 6.78. The first-order chi connectivity index (χ1) is 13.9. The third-order valence-corrected chi connectivity index (χ3v) is 4.27. The number of halogens is 1. The highest BCUT2D eigenvalue weighted by Crippen LogP contribution is 2.25. The quantitative estimate of drug-likeness (QED) is 0.484. The molecule has 7 nitrogen and oxygen atoms in total. The number of hydrogen-bond acceptors (Lipinski definition) is 4. The number of nitrogens with one attached hydrogen (secondary N) is 4. The topological polar surface area (TPSA) is 99.3 Å². The fourth-order valence-electron chi connectivity index (χ4n) is 2.45. The Kier molecular flexibility index (Phi) is 8.48. The third kappa shape index (κ3) is 7.46. The van der Waals surface area contributed by atoms with Crippen LogP contribution in [0, 0.1) is 0 Å². The molecular weight excluding hydrogens is 392 g/mol. The number of anilines is 4. The fraction of sp³-hybridized carbons (Fsp3) is 0.286. The average molecular weight is 417 g/mol. The molecule has 0 radical (unpaired) electrons. The van der Waals surface area contributed by atoms with Crippen molar-refractivity contribution in [1.29, 1.82) is 0 Å². The summed E-state index contributed by atoms with van der Waals surface area (Å²) in [5, 5.41) is 11.6. The van der Waals surface area contributed by atoms with Gasteiger partial charge in [0.05, 0.1) is 17.3 Å². The molecule has 0 heterocycles. The van der Waals surface area contributed by atoms with Gasteiger partial charge in [-0.25, -0.2) is 0 Å². The van der Waals surface area contributed by atoms with E-state index in [0.29, 0.717) is 34.9 Å². The summed E-state index contributed by atoms with van der Waals surface area (Å²) in [5.41, 5.74) is 2.42. The molecule has 0 aliphatic rings. The number of amides is 3. The Balaban J connectivity index is 1.90. The molecule has 0 unspecified atom stereocenters. The molecule has 0 saturated heterocycles. The van der Waals surface area contributed by atoms with Crippen LogP contribution in [0.15, 0.2) is 42.5 Å². The fourth-order valence-corrected chi connectivity index (χ4v) is 2.61. The molecule has 2 rings (SSSR count). The van der Waals surface area contributed by atoms with Gasteiger partial charge >= 0.3 is 0 Å². The van der Waals surface area contributed by atoms with Crippen LogP contribution < -0.4 is 21.3 Å². The van der Waals surface area contributed by atoms with E-state index in [9.17, 15) is 14.4 Å². The maximum Gasteiger partial charge on any atom is 0.243 e. The molecule has 0 aromatic heterocycles. The smallest absolute Gasteiger partial charge is 0.243 e. The monoisotopic (exact) mass is 416 g/mol. The van der Waals surface area contributed by atoms with E-state index in [-0.39, 0.29) is 24.3 Å². The number of carbonyl (C=O) groups excluding carboxylic acids is 3. The SMILES string of the molecule is CCCC(=O)Nc1ccc(Cl)c(NC(=O)CNc2ccc(NC(=O)CC)cc2)c1. The number of rotatable bonds is 9. The molecular formula is C21H25ClN4O3. The Labute approximate surface area is 175 Å². The Morgan fingerprint density at radius 1 is 0.793 bits per heavy atom. The Morgan fingerprint density at radius 3 is 2.07 bits per heavy atom. The van der Waals surface area contributed by atoms with E-state index in [4.69, 9.17) is 11.6 Å². The lowest BCUT2D eigenvalue weighted by Crippen LogP contribution is -2.22. The zero-order chi connectivity index (χ0) is 21.2. The van der Waals surface area contributed by atoms with E-state index in [1.54, 1.807) is 49.4 Å². The van der Waals surface area contributed by atoms with Crippen molar-refractivity contribution in [2.75, 3.05) is 27.8 Å². The summed E-state index contributed by atoms with van der Waals surface area (Å²) < 4.78 is 0. The summed E-state index contributed by atoms with van der Waals surface area (Å²) in [5.74, 6) is -0.435. The zero-order valence-corrected chi connectivity index (χ0v) is 17.2. The predicted molar refractivity (Wildman–Crippen MR) is 117 cm³/mol. The van der Waals surface area contributed by atoms with Gasteiger partial charge in [-0.3, -0.25) is 14.4 Å². The predicted octanol–water partition coefficient (Wildman–Crippen LogP) is 4.48. The molecule has 29 heavy (non-hydrogen) atoms. The van der Waals surface area contributed by atoms with Gasteiger partial charge in [-0.2, -0.15) is 0 Å². The van der Waals surface area contributed by atoms with Gasteiger partial charge < -0.3 is 21.3 Å². The van der Waals surface area contributed by atoms with Gasteiger partial charge in [-0.1, -0.05) is 25.4 Å². The summed E-state index contributed by atoms with van der Waals surface area (Å²) in [6.07, 6.45) is 1.59. The largest absolute Gasteiger partial charge is 0.376 e. The first-order valence-corrected chi connectivity index (χ1v) is 9.82. The molecule has 0 saturated carbocycles. The first-order valence-electron chi connectivity index (χ1n) is 9.44. The molecule has 0 atom stereocenters. The van der Waals surface area contributed by atoms with Crippen LogP contribution in [-0.2, 0) is 14.4 Å². The lowest BCUT2D eigenvalue weighted by atomic mass is 10.2.